The van der Waals surface area contributed by atoms with E-state index in [2.05, 4.69) is 39.9 Å². The van der Waals surface area contributed by atoms with Gasteiger partial charge in [0.2, 0.25) is 0 Å². The first-order valence-electron chi connectivity index (χ1n) is 10.4. The number of carbonyl (C=O) groups is 2. The number of nitrogens with zero attached hydrogens (tertiary/aromatic N) is 2. The van der Waals surface area contributed by atoms with Gasteiger partial charge in [0.25, 0.3) is 11.8 Å². The Labute approximate surface area is 184 Å². The van der Waals surface area contributed by atoms with E-state index < -0.39 is 0 Å². The van der Waals surface area contributed by atoms with Crippen LogP contribution < -0.4 is 5.32 Å². The molecule has 0 aliphatic carbocycles. The summed E-state index contributed by atoms with van der Waals surface area (Å²) in [5.41, 5.74) is 3.57. The molecule has 0 atom stereocenters. The molecule has 158 valence electrons. The van der Waals surface area contributed by atoms with Crippen molar-refractivity contribution in [2.24, 2.45) is 0 Å². The molecule has 1 aliphatic rings. The van der Waals surface area contributed by atoms with Gasteiger partial charge >= 0.3 is 0 Å². The fourth-order valence-corrected chi connectivity index (χ4v) is 5.14. The Hall–Kier alpha value is -3.16. The number of aryl methyl sites for hydroxylation is 1. The summed E-state index contributed by atoms with van der Waals surface area (Å²) < 4.78 is 2.21. The van der Waals surface area contributed by atoms with Crippen molar-refractivity contribution in [1.29, 1.82) is 0 Å². The summed E-state index contributed by atoms with van der Waals surface area (Å²) in [6.07, 6.45) is 6.00. The highest BCUT2D eigenvalue weighted by Gasteiger charge is 2.35. The van der Waals surface area contributed by atoms with Crippen LogP contribution in [-0.2, 0) is 16.1 Å². The first-order valence-corrected chi connectivity index (χ1v) is 11.3. The lowest BCUT2D eigenvalue weighted by atomic mass is 9.96. The average Bonchev–Trinajstić information content (AvgIpc) is 3.48. The van der Waals surface area contributed by atoms with Gasteiger partial charge in [0.15, 0.2) is 0 Å². The maximum absolute atomic E-state index is 12.9. The molecule has 7 heteroatoms. The number of carbonyl (C=O) groups excluding carboxylic acids is 2. The number of rotatable bonds is 7. The van der Waals surface area contributed by atoms with Crippen molar-refractivity contribution in [3.05, 3.63) is 59.2 Å². The molecule has 0 saturated heterocycles. The number of H-pyrrole nitrogens is 1. The van der Waals surface area contributed by atoms with Crippen molar-refractivity contribution < 1.29 is 9.59 Å². The number of amides is 2. The molecule has 2 amide bonds. The molecule has 0 saturated carbocycles. The number of imide groups is 1. The monoisotopic (exact) mass is 432 g/mol. The number of fused-ring (bicyclic) bond motifs is 2. The second kappa shape index (κ2) is 7.83. The Morgan fingerprint density at radius 2 is 1.74 bits per heavy atom. The summed E-state index contributed by atoms with van der Waals surface area (Å²) in [6, 6.07) is 10.1. The Kier molecular flexibility index (Phi) is 5.00. The van der Waals surface area contributed by atoms with Crippen LogP contribution >= 0.6 is 11.3 Å². The Morgan fingerprint density at radius 3 is 2.55 bits per heavy atom. The van der Waals surface area contributed by atoms with Crippen LogP contribution in [0.25, 0.3) is 32.3 Å². The van der Waals surface area contributed by atoms with E-state index in [1.807, 2.05) is 42.0 Å². The molecular weight excluding hydrogens is 408 g/mol. The minimum atomic E-state index is -0.338. The normalized spacial score (nSPS) is 14.5. The summed E-state index contributed by atoms with van der Waals surface area (Å²) in [5, 5.41) is 6.47. The Morgan fingerprint density at radius 1 is 0.968 bits per heavy atom. The first kappa shape index (κ1) is 19.8. The van der Waals surface area contributed by atoms with Gasteiger partial charge in [0.1, 0.15) is 4.83 Å². The fraction of sp³-hybridized carbons (Fsp3) is 0.250. The number of para-hydroxylation sites is 1. The van der Waals surface area contributed by atoms with Crippen LogP contribution in [0.3, 0.4) is 0 Å². The second-order valence-corrected chi connectivity index (χ2v) is 9.08. The van der Waals surface area contributed by atoms with Gasteiger partial charge in [-0.05, 0) is 51.0 Å². The number of unbranched alkanes of at least 4 members (excludes halogenated alkanes) is 1. The SMILES string of the molecule is CN(C)CCCCn1cc(C2=C(c3c[nH]c4sccc34)C(=O)NC2=O)c2ccccc21. The Bertz CT molecular complexity index is 1340. The zero-order chi connectivity index (χ0) is 21.5. The predicted octanol–water partition coefficient (Wildman–Crippen LogP) is 4.09. The average molecular weight is 433 g/mol. The molecule has 0 bridgehead atoms. The zero-order valence-electron chi connectivity index (χ0n) is 17.6. The van der Waals surface area contributed by atoms with Gasteiger partial charge in [-0.3, -0.25) is 14.9 Å². The lowest BCUT2D eigenvalue weighted by Crippen LogP contribution is -2.22. The standard InChI is InChI=1S/C24H24N4O2S/c1-27(2)10-5-6-11-28-14-18(15-7-3-4-8-19(15)28)21-20(22(29)26-23(21)30)17-13-25-24-16(17)9-12-31-24/h3-4,7-9,12-14,25H,5-6,10-11H2,1-2H3,(H,26,29,30). The van der Waals surface area contributed by atoms with E-state index in [-0.39, 0.29) is 11.8 Å². The largest absolute Gasteiger partial charge is 0.352 e. The van der Waals surface area contributed by atoms with Crippen molar-refractivity contribution in [3.63, 3.8) is 0 Å². The van der Waals surface area contributed by atoms with E-state index in [0.29, 0.717) is 11.1 Å². The van der Waals surface area contributed by atoms with E-state index in [0.717, 1.165) is 58.2 Å². The summed E-state index contributed by atoms with van der Waals surface area (Å²) in [4.78, 5) is 32.2. The van der Waals surface area contributed by atoms with E-state index in [1.54, 1.807) is 11.3 Å². The molecule has 5 rings (SSSR count). The molecule has 31 heavy (non-hydrogen) atoms. The molecule has 3 aromatic heterocycles. The van der Waals surface area contributed by atoms with Crippen LogP contribution in [-0.4, -0.2) is 46.9 Å². The number of aromatic amines is 1. The van der Waals surface area contributed by atoms with Crippen LogP contribution in [0, 0.1) is 0 Å². The third-order valence-electron chi connectivity index (χ3n) is 5.82. The van der Waals surface area contributed by atoms with Crippen molar-refractivity contribution >= 4 is 55.4 Å². The zero-order valence-corrected chi connectivity index (χ0v) is 18.4. The van der Waals surface area contributed by atoms with Gasteiger partial charge in [-0.15, -0.1) is 11.3 Å². The molecule has 1 aliphatic heterocycles. The van der Waals surface area contributed by atoms with Crippen molar-refractivity contribution in [2.75, 3.05) is 20.6 Å². The molecular formula is C24H24N4O2S. The highest BCUT2D eigenvalue weighted by molar-refractivity contribution is 7.16. The molecule has 4 heterocycles. The van der Waals surface area contributed by atoms with Crippen molar-refractivity contribution in [3.8, 4) is 0 Å². The lowest BCUT2D eigenvalue weighted by Gasteiger charge is -2.09. The third kappa shape index (κ3) is 3.40. The predicted molar refractivity (Wildman–Crippen MR) is 126 cm³/mol. The second-order valence-electron chi connectivity index (χ2n) is 8.16. The number of nitrogens with one attached hydrogen (secondary N) is 2. The van der Waals surface area contributed by atoms with Crippen LogP contribution in [0.5, 0.6) is 0 Å². The fourth-order valence-electron chi connectivity index (χ4n) is 4.37. The van der Waals surface area contributed by atoms with Crippen LogP contribution in [0.1, 0.15) is 24.0 Å². The number of hydrogen-bond donors (Lipinski definition) is 2. The third-order valence-corrected chi connectivity index (χ3v) is 6.66. The minimum absolute atomic E-state index is 0.333. The summed E-state index contributed by atoms with van der Waals surface area (Å²) in [5.74, 6) is -0.671. The molecule has 0 fully saturated rings. The minimum Gasteiger partial charge on any atom is -0.352 e. The quantitative estimate of drug-likeness (QED) is 0.341. The number of thiophene rings is 1. The molecule has 0 unspecified atom stereocenters. The van der Waals surface area contributed by atoms with Crippen LogP contribution in [0.4, 0.5) is 0 Å². The number of hydrogen-bond acceptors (Lipinski definition) is 4. The maximum Gasteiger partial charge on any atom is 0.259 e. The van der Waals surface area contributed by atoms with Gasteiger partial charge in [0, 0.05) is 46.4 Å². The first-order chi connectivity index (χ1) is 15.0. The molecule has 2 N–H and O–H groups in total. The summed E-state index contributed by atoms with van der Waals surface area (Å²) in [7, 11) is 4.16. The molecule has 6 nitrogen and oxygen atoms in total. The summed E-state index contributed by atoms with van der Waals surface area (Å²) >= 11 is 1.58. The molecule has 1 aromatic carbocycles. The van der Waals surface area contributed by atoms with E-state index >= 15 is 0 Å². The molecule has 0 spiro atoms. The highest BCUT2D eigenvalue weighted by Crippen LogP contribution is 2.39. The van der Waals surface area contributed by atoms with Gasteiger partial charge in [-0.25, -0.2) is 0 Å². The number of benzene rings is 1. The van der Waals surface area contributed by atoms with Crippen molar-refractivity contribution in [1.82, 2.24) is 19.8 Å². The highest BCUT2D eigenvalue weighted by atomic mass is 32.1. The van der Waals surface area contributed by atoms with Gasteiger partial charge in [-0.2, -0.15) is 0 Å². The molecule has 4 aromatic rings. The summed E-state index contributed by atoms with van der Waals surface area (Å²) in [6.45, 7) is 1.91. The Balaban J connectivity index is 1.63. The maximum atomic E-state index is 12.9. The lowest BCUT2D eigenvalue weighted by molar-refractivity contribution is -0.122. The van der Waals surface area contributed by atoms with Crippen LogP contribution in [0.15, 0.2) is 48.1 Å². The van der Waals surface area contributed by atoms with E-state index in [4.69, 9.17) is 0 Å². The smallest absolute Gasteiger partial charge is 0.259 e. The van der Waals surface area contributed by atoms with Crippen molar-refractivity contribution in [2.45, 2.75) is 19.4 Å². The number of aromatic nitrogens is 2. The van der Waals surface area contributed by atoms with Gasteiger partial charge in [0.05, 0.1) is 11.1 Å². The van der Waals surface area contributed by atoms with Gasteiger partial charge in [-0.1, -0.05) is 18.2 Å². The van der Waals surface area contributed by atoms with E-state index in [9.17, 15) is 9.59 Å². The molecule has 0 radical (unpaired) electrons. The topological polar surface area (TPSA) is 70.1 Å². The van der Waals surface area contributed by atoms with Crippen LogP contribution in [0.2, 0.25) is 0 Å². The van der Waals surface area contributed by atoms with Gasteiger partial charge < -0.3 is 14.5 Å². The van der Waals surface area contributed by atoms with E-state index in [1.165, 1.54) is 0 Å².